The molecule has 2 heterocycles. The zero-order valence-electron chi connectivity index (χ0n) is 14.5. The third-order valence-electron chi connectivity index (χ3n) is 4.59. The maximum atomic E-state index is 13.0. The first-order valence-electron chi connectivity index (χ1n) is 8.38. The molecule has 0 bridgehead atoms. The Morgan fingerprint density at radius 1 is 1.11 bits per heavy atom. The van der Waals surface area contributed by atoms with Gasteiger partial charge in [0.05, 0.1) is 6.20 Å². The van der Waals surface area contributed by atoms with Gasteiger partial charge in [-0.15, -0.1) is 0 Å². The van der Waals surface area contributed by atoms with Crippen molar-refractivity contribution in [3.63, 3.8) is 0 Å². The second-order valence-corrected chi connectivity index (χ2v) is 6.82. The lowest BCUT2D eigenvalue weighted by Gasteiger charge is -2.23. The molecule has 7 heteroatoms. The lowest BCUT2D eigenvalue weighted by molar-refractivity contribution is -0.131. The fourth-order valence-corrected chi connectivity index (χ4v) is 3.47. The zero-order valence-corrected chi connectivity index (χ0v) is 15.2. The Balaban J connectivity index is 1.59. The van der Waals surface area contributed by atoms with Crippen LogP contribution in [0.4, 0.5) is 4.79 Å². The van der Waals surface area contributed by atoms with Gasteiger partial charge < -0.3 is 9.73 Å². The van der Waals surface area contributed by atoms with Gasteiger partial charge in [-0.25, -0.2) is 9.78 Å². The third-order valence-corrected chi connectivity index (χ3v) is 4.92. The second kappa shape index (κ2) is 6.55. The molecule has 1 aliphatic rings. The van der Waals surface area contributed by atoms with E-state index in [1.807, 2.05) is 30.3 Å². The normalized spacial score (nSPS) is 19.4. The molecule has 1 aromatic heterocycles. The number of carbonyl (C=O) groups is 2. The Labute approximate surface area is 160 Å². The van der Waals surface area contributed by atoms with Gasteiger partial charge in [-0.1, -0.05) is 60.1 Å². The topological polar surface area (TPSA) is 75.4 Å². The number of halogens is 1. The number of imide groups is 1. The highest BCUT2D eigenvalue weighted by Crippen LogP contribution is 2.34. The maximum Gasteiger partial charge on any atom is 0.325 e. The summed E-state index contributed by atoms with van der Waals surface area (Å²) in [4.78, 5) is 30.7. The molecule has 4 rings (SSSR count). The summed E-state index contributed by atoms with van der Waals surface area (Å²) in [6.07, 6.45) is 1.58. The standard InChI is InChI=1S/C20H16ClN3O3/c1-20(14-9-5-6-10-15(14)21)18(25)24(19(26)23-20)12-17-22-11-16(27-17)13-7-3-2-4-8-13/h2-11H,12H2,1H3,(H,23,26). The van der Waals surface area contributed by atoms with E-state index < -0.39 is 17.5 Å². The molecule has 1 unspecified atom stereocenters. The minimum Gasteiger partial charge on any atom is -0.439 e. The zero-order chi connectivity index (χ0) is 19.0. The fraction of sp³-hybridized carbons (Fsp3) is 0.150. The molecule has 1 fully saturated rings. The largest absolute Gasteiger partial charge is 0.439 e. The van der Waals surface area contributed by atoms with E-state index in [0.717, 1.165) is 10.5 Å². The van der Waals surface area contributed by atoms with Crippen LogP contribution in [0.5, 0.6) is 0 Å². The van der Waals surface area contributed by atoms with Gasteiger partial charge in [-0.05, 0) is 13.0 Å². The summed E-state index contributed by atoms with van der Waals surface area (Å²) in [5.41, 5.74) is 0.184. The monoisotopic (exact) mass is 381 g/mol. The average Bonchev–Trinajstić information content (AvgIpc) is 3.22. The fourth-order valence-electron chi connectivity index (χ4n) is 3.14. The number of carbonyl (C=O) groups excluding carboxylic acids is 2. The Kier molecular flexibility index (Phi) is 4.20. The van der Waals surface area contributed by atoms with Gasteiger partial charge in [0.1, 0.15) is 12.1 Å². The number of oxazole rings is 1. The second-order valence-electron chi connectivity index (χ2n) is 6.41. The summed E-state index contributed by atoms with van der Waals surface area (Å²) < 4.78 is 5.71. The Hall–Kier alpha value is -3.12. The minimum absolute atomic E-state index is 0.0580. The molecule has 3 aromatic rings. The van der Waals surface area contributed by atoms with Crippen LogP contribution in [0.2, 0.25) is 5.02 Å². The van der Waals surface area contributed by atoms with Crippen LogP contribution in [0.1, 0.15) is 18.4 Å². The van der Waals surface area contributed by atoms with Crippen molar-refractivity contribution in [1.82, 2.24) is 15.2 Å². The van der Waals surface area contributed by atoms with Crippen LogP contribution in [0.3, 0.4) is 0 Å². The quantitative estimate of drug-likeness (QED) is 0.694. The summed E-state index contributed by atoms with van der Waals surface area (Å²) >= 11 is 6.23. The van der Waals surface area contributed by atoms with Crippen LogP contribution in [0, 0.1) is 0 Å². The smallest absolute Gasteiger partial charge is 0.325 e. The van der Waals surface area contributed by atoms with Gasteiger partial charge in [0, 0.05) is 16.1 Å². The summed E-state index contributed by atoms with van der Waals surface area (Å²) in [7, 11) is 0. The van der Waals surface area contributed by atoms with Crippen LogP contribution in [0.25, 0.3) is 11.3 Å². The number of urea groups is 1. The number of nitrogens with one attached hydrogen (secondary N) is 1. The van der Waals surface area contributed by atoms with E-state index in [4.69, 9.17) is 16.0 Å². The van der Waals surface area contributed by atoms with Gasteiger partial charge in [0.2, 0.25) is 5.89 Å². The Bertz CT molecular complexity index is 1020. The van der Waals surface area contributed by atoms with E-state index in [1.54, 1.807) is 37.4 Å². The van der Waals surface area contributed by atoms with Gasteiger partial charge in [-0.3, -0.25) is 9.69 Å². The number of benzene rings is 2. The van der Waals surface area contributed by atoms with E-state index in [9.17, 15) is 9.59 Å². The number of rotatable bonds is 4. The molecule has 1 atom stereocenters. The summed E-state index contributed by atoms with van der Waals surface area (Å²) in [6, 6.07) is 15.9. The molecule has 2 aromatic carbocycles. The summed E-state index contributed by atoms with van der Waals surface area (Å²) in [5.74, 6) is 0.451. The number of hydrogen-bond donors (Lipinski definition) is 1. The first kappa shape index (κ1) is 17.3. The van der Waals surface area contributed by atoms with Crippen molar-refractivity contribution < 1.29 is 14.0 Å². The van der Waals surface area contributed by atoms with Crippen LogP contribution in [-0.4, -0.2) is 21.8 Å². The van der Waals surface area contributed by atoms with Gasteiger partial charge in [-0.2, -0.15) is 0 Å². The molecule has 0 saturated carbocycles. The Morgan fingerprint density at radius 3 is 2.56 bits per heavy atom. The highest BCUT2D eigenvalue weighted by molar-refractivity contribution is 6.32. The highest BCUT2D eigenvalue weighted by Gasteiger charge is 2.50. The van der Waals surface area contributed by atoms with E-state index in [-0.39, 0.29) is 12.4 Å². The molecule has 1 N–H and O–H groups in total. The van der Waals surface area contributed by atoms with Crippen molar-refractivity contribution in [2.45, 2.75) is 19.0 Å². The molecule has 0 radical (unpaired) electrons. The average molecular weight is 382 g/mol. The van der Waals surface area contributed by atoms with Crippen LogP contribution < -0.4 is 5.32 Å². The number of amides is 3. The molecule has 0 spiro atoms. The number of aromatic nitrogens is 1. The van der Waals surface area contributed by atoms with E-state index in [0.29, 0.717) is 16.3 Å². The van der Waals surface area contributed by atoms with Gasteiger partial charge in [0.25, 0.3) is 5.91 Å². The van der Waals surface area contributed by atoms with Crippen molar-refractivity contribution in [2.24, 2.45) is 0 Å². The molecular weight excluding hydrogens is 366 g/mol. The summed E-state index contributed by atoms with van der Waals surface area (Å²) in [5, 5.41) is 3.14. The maximum absolute atomic E-state index is 13.0. The number of nitrogens with zero attached hydrogens (tertiary/aromatic N) is 2. The van der Waals surface area contributed by atoms with Crippen LogP contribution in [0.15, 0.2) is 65.2 Å². The van der Waals surface area contributed by atoms with Gasteiger partial charge >= 0.3 is 6.03 Å². The minimum atomic E-state index is -1.23. The molecule has 1 saturated heterocycles. The molecule has 136 valence electrons. The lowest BCUT2D eigenvalue weighted by atomic mass is 9.92. The first-order chi connectivity index (χ1) is 13.0. The molecule has 1 aliphatic heterocycles. The summed E-state index contributed by atoms with van der Waals surface area (Å²) in [6.45, 7) is 1.58. The third kappa shape index (κ3) is 2.98. The van der Waals surface area contributed by atoms with Crippen molar-refractivity contribution in [3.8, 4) is 11.3 Å². The lowest BCUT2D eigenvalue weighted by Crippen LogP contribution is -2.41. The van der Waals surface area contributed by atoms with E-state index >= 15 is 0 Å². The molecule has 0 aliphatic carbocycles. The van der Waals surface area contributed by atoms with Gasteiger partial charge in [0.15, 0.2) is 5.76 Å². The molecule has 27 heavy (non-hydrogen) atoms. The predicted octanol–water partition coefficient (Wildman–Crippen LogP) is 3.96. The predicted molar refractivity (Wildman–Crippen MR) is 99.8 cm³/mol. The van der Waals surface area contributed by atoms with Crippen LogP contribution in [-0.2, 0) is 16.9 Å². The van der Waals surface area contributed by atoms with Crippen molar-refractivity contribution in [2.75, 3.05) is 0 Å². The molecule has 6 nitrogen and oxygen atoms in total. The van der Waals surface area contributed by atoms with Crippen LogP contribution >= 0.6 is 11.6 Å². The van der Waals surface area contributed by atoms with E-state index in [1.165, 1.54) is 0 Å². The molecule has 3 amide bonds. The van der Waals surface area contributed by atoms with Crippen molar-refractivity contribution >= 4 is 23.5 Å². The first-order valence-corrected chi connectivity index (χ1v) is 8.76. The van der Waals surface area contributed by atoms with Crippen molar-refractivity contribution in [3.05, 3.63) is 77.3 Å². The Morgan fingerprint density at radius 2 is 1.81 bits per heavy atom. The molecular formula is C20H16ClN3O3. The highest BCUT2D eigenvalue weighted by atomic mass is 35.5. The number of hydrogen-bond acceptors (Lipinski definition) is 4. The van der Waals surface area contributed by atoms with E-state index in [2.05, 4.69) is 10.3 Å². The van der Waals surface area contributed by atoms with Crippen molar-refractivity contribution in [1.29, 1.82) is 0 Å². The SMILES string of the molecule is CC1(c2ccccc2Cl)NC(=O)N(Cc2ncc(-c3ccccc3)o2)C1=O.